The molecule has 0 saturated heterocycles. The van der Waals surface area contributed by atoms with E-state index in [1.807, 2.05) is 79.1 Å². The summed E-state index contributed by atoms with van der Waals surface area (Å²) in [4.78, 5) is 14.3. The summed E-state index contributed by atoms with van der Waals surface area (Å²) >= 11 is 1.35. The minimum atomic E-state index is -0.0210. The number of carbonyl (C=O) groups is 1. The van der Waals surface area contributed by atoms with Gasteiger partial charge in [0.2, 0.25) is 5.91 Å². The number of ether oxygens (including phenoxy) is 1. The number of nitrogens with zero attached hydrogens (tertiary/aromatic N) is 4. The molecule has 33 heavy (non-hydrogen) atoms. The molecule has 0 unspecified atom stereocenters. The number of hydrogen-bond acceptors (Lipinski definition) is 6. The van der Waals surface area contributed by atoms with Crippen LogP contribution in [0.15, 0.2) is 76.5 Å². The number of furan rings is 1. The van der Waals surface area contributed by atoms with Crippen LogP contribution in [-0.4, -0.2) is 38.4 Å². The summed E-state index contributed by atoms with van der Waals surface area (Å²) < 4.78 is 13.4. The van der Waals surface area contributed by atoms with Gasteiger partial charge >= 0.3 is 0 Å². The molecule has 0 N–H and O–H groups in total. The van der Waals surface area contributed by atoms with E-state index in [4.69, 9.17) is 9.15 Å². The van der Waals surface area contributed by atoms with Crippen LogP contribution in [0, 0.1) is 13.8 Å². The molecule has 0 fully saturated rings. The van der Waals surface area contributed by atoms with E-state index in [9.17, 15) is 4.79 Å². The first-order valence-electron chi connectivity index (χ1n) is 10.6. The second-order valence-electron chi connectivity index (χ2n) is 7.70. The maximum absolute atomic E-state index is 12.7. The molecule has 0 aliphatic rings. The molecule has 7 nitrogen and oxygen atoms in total. The van der Waals surface area contributed by atoms with Crippen LogP contribution in [0.1, 0.15) is 22.7 Å². The minimum Gasteiger partial charge on any atom is -0.485 e. The normalized spacial score (nSPS) is 10.9. The molecule has 1 amide bonds. The highest BCUT2D eigenvalue weighted by Gasteiger charge is 2.18. The first kappa shape index (κ1) is 22.7. The largest absolute Gasteiger partial charge is 0.485 e. The van der Waals surface area contributed by atoms with E-state index in [1.54, 1.807) is 18.2 Å². The van der Waals surface area contributed by atoms with Gasteiger partial charge in [-0.2, -0.15) is 0 Å². The molecule has 0 atom stereocenters. The molecule has 0 bridgehead atoms. The van der Waals surface area contributed by atoms with Crippen LogP contribution in [0.4, 0.5) is 0 Å². The van der Waals surface area contributed by atoms with Gasteiger partial charge < -0.3 is 14.1 Å². The van der Waals surface area contributed by atoms with Gasteiger partial charge in [0.1, 0.15) is 18.1 Å². The second kappa shape index (κ2) is 10.4. The van der Waals surface area contributed by atoms with E-state index in [1.165, 1.54) is 11.8 Å². The number of hydrogen-bond donors (Lipinski definition) is 0. The van der Waals surface area contributed by atoms with Crippen molar-refractivity contribution in [2.45, 2.75) is 32.2 Å². The van der Waals surface area contributed by atoms with Crippen molar-refractivity contribution >= 4 is 17.7 Å². The average molecular weight is 463 g/mol. The Hall–Kier alpha value is -3.52. The molecule has 4 rings (SSSR count). The Morgan fingerprint density at radius 2 is 1.79 bits per heavy atom. The third kappa shape index (κ3) is 5.46. The first-order chi connectivity index (χ1) is 16.0. The van der Waals surface area contributed by atoms with E-state index in [0.717, 1.165) is 28.3 Å². The summed E-state index contributed by atoms with van der Waals surface area (Å²) in [5.41, 5.74) is 3.06. The van der Waals surface area contributed by atoms with Gasteiger partial charge in [-0.1, -0.05) is 48.2 Å². The quantitative estimate of drug-likeness (QED) is 0.333. The lowest BCUT2D eigenvalue weighted by atomic mass is 10.1. The fourth-order valence-electron chi connectivity index (χ4n) is 3.45. The lowest BCUT2D eigenvalue weighted by Gasteiger charge is -2.16. The highest BCUT2D eigenvalue weighted by Crippen LogP contribution is 2.26. The number of aryl methyl sites for hydroxylation is 2. The summed E-state index contributed by atoms with van der Waals surface area (Å²) in [5, 5.41) is 9.38. The van der Waals surface area contributed by atoms with Crippen molar-refractivity contribution < 1.29 is 13.9 Å². The fourth-order valence-corrected chi connectivity index (χ4v) is 4.36. The fraction of sp³-hybridized carbons (Fsp3) is 0.240. The Bertz CT molecular complexity index is 1190. The molecule has 0 aliphatic carbocycles. The lowest BCUT2D eigenvalue weighted by Crippen LogP contribution is -2.27. The van der Waals surface area contributed by atoms with E-state index in [2.05, 4.69) is 10.2 Å². The van der Waals surface area contributed by atoms with Gasteiger partial charge in [0.25, 0.3) is 0 Å². The SMILES string of the molecule is Cc1cccc(C)c1OCc1nnc(SCC(=O)N(C)Cc2ccco2)n1-c1ccccc1. The molecule has 170 valence electrons. The maximum atomic E-state index is 12.7. The van der Waals surface area contributed by atoms with Gasteiger partial charge in [0.05, 0.1) is 18.6 Å². The Kier molecular flexibility index (Phi) is 7.14. The molecule has 4 aromatic rings. The van der Waals surface area contributed by atoms with Crippen LogP contribution in [0.5, 0.6) is 5.75 Å². The summed E-state index contributed by atoms with van der Waals surface area (Å²) in [6, 6.07) is 19.6. The number of aromatic nitrogens is 3. The highest BCUT2D eigenvalue weighted by atomic mass is 32.2. The van der Waals surface area contributed by atoms with E-state index >= 15 is 0 Å². The third-order valence-corrected chi connectivity index (χ3v) is 6.11. The van der Waals surface area contributed by atoms with Gasteiger partial charge in [0.15, 0.2) is 11.0 Å². The van der Waals surface area contributed by atoms with Gasteiger partial charge in [-0.15, -0.1) is 10.2 Å². The van der Waals surface area contributed by atoms with Crippen LogP contribution >= 0.6 is 11.8 Å². The van der Waals surface area contributed by atoms with Gasteiger partial charge in [-0.25, -0.2) is 0 Å². The maximum Gasteiger partial charge on any atom is 0.233 e. The van der Waals surface area contributed by atoms with Crippen molar-refractivity contribution in [1.29, 1.82) is 0 Å². The third-order valence-electron chi connectivity index (χ3n) is 5.19. The molecule has 0 radical (unpaired) electrons. The number of carbonyl (C=O) groups excluding carboxylic acids is 1. The Morgan fingerprint density at radius 3 is 2.48 bits per heavy atom. The summed E-state index contributed by atoms with van der Waals surface area (Å²) in [7, 11) is 1.76. The Balaban J connectivity index is 1.51. The van der Waals surface area contributed by atoms with E-state index in [0.29, 0.717) is 17.5 Å². The molecule has 0 aliphatic heterocycles. The average Bonchev–Trinajstić information content (AvgIpc) is 3.47. The van der Waals surface area contributed by atoms with Crippen molar-refractivity contribution in [3.63, 3.8) is 0 Å². The molecule has 0 saturated carbocycles. The summed E-state index contributed by atoms with van der Waals surface area (Å²) in [6.07, 6.45) is 1.60. The Morgan fingerprint density at radius 1 is 1.03 bits per heavy atom. The summed E-state index contributed by atoms with van der Waals surface area (Å²) in [5.74, 6) is 2.48. The smallest absolute Gasteiger partial charge is 0.233 e. The molecule has 8 heteroatoms. The monoisotopic (exact) mass is 462 g/mol. The topological polar surface area (TPSA) is 73.4 Å². The van der Waals surface area contributed by atoms with Crippen LogP contribution in [0.3, 0.4) is 0 Å². The number of para-hydroxylation sites is 2. The predicted octanol–water partition coefficient (Wildman–Crippen LogP) is 4.81. The van der Waals surface area contributed by atoms with Crippen molar-refractivity contribution in [2.75, 3.05) is 12.8 Å². The van der Waals surface area contributed by atoms with Crippen molar-refractivity contribution in [3.8, 4) is 11.4 Å². The second-order valence-corrected chi connectivity index (χ2v) is 8.64. The van der Waals surface area contributed by atoms with Crippen LogP contribution in [0.2, 0.25) is 0 Å². The Labute approximate surface area is 197 Å². The van der Waals surface area contributed by atoms with E-state index < -0.39 is 0 Å². The molecular weight excluding hydrogens is 436 g/mol. The van der Waals surface area contributed by atoms with Gasteiger partial charge in [-0.3, -0.25) is 9.36 Å². The molecule has 2 heterocycles. The number of amides is 1. The zero-order valence-corrected chi connectivity index (χ0v) is 19.7. The number of rotatable bonds is 9. The summed E-state index contributed by atoms with van der Waals surface area (Å²) in [6.45, 7) is 4.74. The molecule has 2 aromatic carbocycles. The molecular formula is C25H26N4O3S. The predicted molar refractivity (Wildman–Crippen MR) is 128 cm³/mol. The minimum absolute atomic E-state index is 0.0210. The zero-order chi connectivity index (χ0) is 23.2. The van der Waals surface area contributed by atoms with Crippen LogP contribution in [0.25, 0.3) is 5.69 Å². The van der Waals surface area contributed by atoms with Crippen molar-refractivity contribution in [1.82, 2.24) is 19.7 Å². The number of benzene rings is 2. The van der Waals surface area contributed by atoms with Gasteiger partial charge in [0, 0.05) is 12.7 Å². The zero-order valence-electron chi connectivity index (χ0n) is 18.9. The molecule has 0 spiro atoms. The standard InChI is InChI=1S/C25H26N4O3S/c1-18-9-7-10-19(2)24(18)32-16-22-26-27-25(29(22)20-11-5-4-6-12-20)33-17-23(30)28(3)15-21-13-8-14-31-21/h4-14H,15-17H2,1-3H3. The van der Waals surface area contributed by atoms with Crippen LogP contribution < -0.4 is 4.74 Å². The molecule has 2 aromatic heterocycles. The first-order valence-corrected chi connectivity index (χ1v) is 11.6. The number of thioether (sulfide) groups is 1. The highest BCUT2D eigenvalue weighted by molar-refractivity contribution is 7.99. The van der Waals surface area contributed by atoms with Crippen molar-refractivity contribution in [3.05, 3.63) is 89.6 Å². The van der Waals surface area contributed by atoms with E-state index in [-0.39, 0.29) is 18.3 Å². The van der Waals surface area contributed by atoms with Crippen LogP contribution in [-0.2, 0) is 17.9 Å². The van der Waals surface area contributed by atoms with Gasteiger partial charge in [-0.05, 0) is 49.2 Å². The lowest BCUT2D eigenvalue weighted by molar-refractivity contribution is -0.127. The van der Waals surface area contributed by atoms with Crippen molar-refractivity contribution in [2.24, 2.45) is 0 Å².